The maximum Gasteiger partial charge on any atom is -0.0122 e. The third-order valence-corrected chi connectivity index (χ3v) is 8.17. The normalized spacial score (nSPS) is 13.1. The molecule has 0 nitrogen and oxygen atoms in total. The van der Waals surface area contributed by atoms with Gasteiger partial charge in [0.15, 0.2) is 0 Å². The maximum absolute atomic E-state index is 3.44. The van der Waals surface area contributed by atoms with Gasteiger partial charge in [-0.05, 0) is 36.8 Å². The SMILES string of the molecule is CCCCCCCCCCCC(CCCCC)C(P)(CCCCC)CCCCC. The molecule has 0 rings (SSSR count). The van der Waals surface area contributed by atoms with Crippen LogP contribution in [0.2, 0.25) is 0 Å². The van der Waals surface area contributed by atoms with Gasteiger partial charge >= 0.3 is 0 Å². The third-order valence-electron chi connectivity index (χ3n) is 7.12. The Balaban J connectivity index is 4.51. The second-order valence-electron chi connectivity index (χ2n) is 9.96. The van der Waals surface area contributed by atoms with Crippen LogP contribution in [0.3, 0.4) is 0 Å². The fraction of sp³-hybridized carbons (Fsp3) is 1.00. The van der Waals surface area contributed by atoms with Crippen molar-refractivity contribution < 1.29 is 0 Å². The van der Waals surface area contributed by atoms with Gasteiger partial charge in [0.05, 0.1) is 0 Å². The summed E-state index contributed by atoms with van der Waals surface area (Å²) in [7, 11) is 3.44. The lowest BCUT2D eigenvalue weighted by Gasteiger charge is -2.39. The summed E-state index contributed by atoms with van der Waals surface area (Å²) >= 11 is 0. The number of hydrogen-bond acceptors (Lipinski definition) is 0. The molecule has 0 fully saturated rings. The predicted octanol–water partition coefficient (Wildman–Crippen LogP) is 10.9. The van der Waals surface area contributed by atoms with Gasteiger partial charge in [0.2, 0.25) is 0 Å². The number of rotatable bonds is 23. The standard InChI is InChI=1S/C28H59P/c1-5-9-13-14-15-16-17-18-20-24-27(23-19-10-6-2)28(29,25-21-11-7-3)26-22-12-8-4/h27H,5-26,29H2,1-4H3. The fourth-order valence-corrected chi connectivity index (χ4v) is 5.74. The Morgan fingerprint density at radius 3 is 1.21 bits per heavy atom. The van der Waals surface area contributed by atoms with Crippen LogP contribution in [0, 0.1) is 5.92 Å². The lowest BCUT2D eigenvalue weighted by atomic mass is 9.77. The Hall–Kier alpha value is 0.430. The van der Waals surface area contributed by atoms with Crippen LogP contribution < -0.4 is 0 Å². The van der Waals surface area contributed by atoms with Gasteiger partial charge in [-0.1, -0.05) is 143 Å². The average Bonchev–Trinajstić information content (AvgIpc) is 2.71. The van der Waals surface area contributed by atoms with Crippen molar-refractivity contribution in [1.29, 1.82) is 0 Å². The molecule has 0 amide bonds. The molecule has 176 valence electrons. The van der Waals surface area contributed by atoms with Crippen molar-refractivity contribution in [2.75, 3.05) is 0 Å². The van der Waals surface area contributed by atoms with Gasteiger partial charge in [0.1, 0.15) is 0 Å². The fourth-order valence-electron chi connectivity index (χ4n) is 5.00. The van der Waals surface area contributed by atoms with Crippen LogP contribution in [-0.2, 0) is 0 Å². The van der Waals surface area contributed by atoms with E-state index in [2.05, 4.69) is 36.9 Å². The summed E-state index contributed by atoms with van der Waals surface area (Å²) in [6, 6.07) is 0. The maximum atomic E-state index is 3.44. The van der Waals surface area contributed by atoms with Crippen LogP contribution in [0.15, 0.2) is 0 Å². The molecular weight excluding hydrogens is 367 g/mol. The van der Waals surface area contributed by atoms with E-state index in [9.17, 15) is 0 Å². The highest BCUT2D eigenvalue weighted by Gasteiger charge is 2.32. The first-order chi connectivity index (χ1) is 14.1. The average molecular weight is 427 g/mol. The van der Waals surface area contributed by atoms with Crippen molar-refractivity contribution in [2.24, 2.45) is 5.92 Å². The zero-order chi connectivity index (χ0) is 21.6. The Morgan fingerprint density at radius 2 is 0.759 bits per heavy atom. The van der Waals surface area contributed by atoms with Crippen molar-refractivity contribution in [1.82, 2.24) is 0 Å². The summed E-state index contributed by atoms with van der Waals surface area (Å²) in [6.07, 6.45) is 31.6. The topological polar surface area (TPSA) is 0 Å². The lowest BCUT2D eigenvalue weighted by molar-refractivity contribution is 0.271. The molecule has 0 N–H and O–H groups in total. The minimum atomic E-state index is 0.526. The van der Waals surface area contributed by atoms with Crippen LogP contribution in [-0.4, -0.2) is 5.16 Å². The van der Waals surface area contributed by atoms with Crippen LogP contribution in [0.1, 0.15) is 169 Å². The highest BCUT2D eigenvalue weighted by atomic mass is 31.0. The number of unbranched alkanes of at least 4 members (excludes halogenated alkanes) is 14. The largest absolute Gasteiger partial charge is 0.131 e. The van der Waals surface area contributed by atoms with Crippen molar-refractivity contribution in [3.63, 3.8) is 0 Å². The first-order valence-corrected chi connectivity index (χ1v) is 14.5. The minimum Gasteiger partial charge on any atom is -0.131 e. The van der Waals surface area contributed by atoms with Crippen LogP contribution in [0.5, 0.6) is 0 Å². The quantitative estimate of drug-likeness (QED) is 0.112. The molecule has 0 heterocycles. The van der Waals surface area contributed by atoms with Gasteiger partial charge in [-0.25, -0.2) is 0 Å². The Labute approximate surface area is 189 Å². The van der Waals surface area contributed by atoms with E-state index < -0.39 is 0 Å². The molecule has 0 saturated carbocycles. The van der Waals surface area contributed by atoms with Gasteiger partial charge in [0, 0.05) is 0 Å². The van der Waals surface area contributed by atoms with Gasteiger partial charge in [-0.15, -0.1) is 9.24 Å². The van der Waals surface area contributed by atoms with Crippen molar-refractivity contribution in [3.8, 4) is 0 Å². The Kier molecular flexibility index (Phi) is 22.0. The van der Waals surface area contributed by atoms with E-state index in [-0.39, 0.29) is 0 Å². The van der Waals surface area contributed by atoms with Crippen molar-refractivity contribution >= 4 is 9.24 Å². The summed E-state index contributed by atoms with van der Waals surface area (Å²) in [4.78, 5) is 0. The molecule has 29 heavy (non-hydrogen) atoms. The van der Waals surface area contributed by atoms with Gasteiger partial charge < -0.3 is 0 Å². The summed E-state index contributed by atoms with van der Waals surface area (Å²) < 4.78 is 0. The Morgan fingerprint density at radius 1 is 0.448 bits per heavy atom. The highest BCUT2D eigenvalue weighted by molar-refractivity contribution is 7.19. The summed E-state index contributed by atoms with van der Waals surface area (Å²) in [5, 5.41) is 0.526. The summed E-state index contributed by atoms with van der Waals surface area (Å²) in [5.41, 5.74) is 0. The third kappa shape index (κ3) is 16.8. The second-order valence-corrected chi connectivity index (χ2v) is 11.1. The zero-order valence-corrected chi connectivity index (χ0v) is 22.4. The molecule has 0 aromatic carbocycles. The van der Waals surface area contributed by atoms with Crippen LogP contribution >= 0.6 is 9.24 Å². The van der Waals surface area contributed by atoms with Crippen LogP contribution in [0.25, 0.3) is 0 Å². The van der Waals surface area contributed by atoms with Gasteiger partial charge in [-0.2, -0.15) is 0 Å². The molecule has 1 heteroatoms. The smallest absolute Gasteiger partial charge is 0.0122 e. The molecule has 0 aliphatic carbocycles. The van der Waals surface area contributed by atoms with E-state index in [0.717, 1.165) is 5.92 Å². The second kappa shape index (κ2) is 21.7. The minimum absolute atomic E-state index is 0.526. The van der Waals surface area contributed by atoms with E-state index in [1.807, 2.05) is 0 Å². The molecule has 0 aromatic rings. The van der Waals surface area contributed by atoms with E-state index >= 15 is 0 Å². The molecule has 0 radical (unpaired) electrons. The number of hydrogen-bond donors (Lipinski definition) is 0. The Bertz CT molecular complexity index is 301. The molecule has 0 spiro atoms. The van der Waals surface area contributed by atoms with E-state index in [1.165, 1.54) is 141 Å². The molecule has 2 unspecified atom stereocenters. The van der Waals surface area contributed by atoms with E-state index in [0.29, 0.717) is 5.16 Å². The van der Waals surface area contributed by atoms with Crippen LogP contribution in [0.4, 0.5) is 0 Å². The monoisotopic (exact) mass is 426 g/mol. The van der Waals surface area contributed by atoms with Gasteiger partial charge in [-0.3, -0.25) is 0 Å². The highest BCUT2D eigenvalue weighted by Crippen LogP contribution is 2.43. The van der Waals surface area contributed by atoms with E-state index in [1.54, 1.807) is 0 Å². The first-order valence-electron chi connectivity index (χ1n) is 13.9. The predicted molar refractivity (Wildman–Crippen MR) is 140 cm³/mol. The molecule has 0 aliphatic heterocycles. The summed E-state index contributed by atoms with van der Waals surface area (Å²) in [6.45, 7) is 9.37. The molecule has 2 atom stereocenters. The molecule has 0 aromatic heterocycles. The van der Waals surface area contributed by atoms with Crippen molar-refractivity contribution in [2.45, 2.75) is 174 Å². The molecule has 0 bridgehead atoms. The summed E-state index contributed by atoms with van der Waals surface area (Å²) in [5.74, 6) is 0.942. The lowest BCUT2D eigenvalue weighted by Crippen LogP contribution is -2.32. The molecule has 0 saturated heterocycles. The molecular formula is C28H59P. The zero-order valence-electron chi connectivity index (χ0n) is 21.2. The van der Waals surface area contributed by atoms with Crippen molar-refractivity contribution in [3.05, 3.63) is 0 Å². The first kappa shape index (κ1) is 29.4. The van der Waals surface area contributed by atoms with E-state index in [4.69, 9.17) is 0 Å². The van der Waals surface area contributed by atoms with Gasteiger partial charge in [0.25, 0.3) is 0 Å². The molecule has 0 aliphatic rings.